The number of halogens is 1. The molecule has 8 nitrogen and oxygen atoms in total. The minimum atomic E-state index is -0.540. The Kier molecular flexibility index (Phi) is 4.79. The SMILES string of the molecule is C=C/C=C(\N=C)NC(=O)c1cc(Oc2cncc(F)c2)cn2cnnc12. The Bertz CT molecular complexity index is 1030. The number of carbonyl (C=O) groups is 1. The van der Waals surface area contributed by atoms with E-state index >= 15 is 0 Å². The van der Waals surface area contributed by atoms with Gasteiger partial charge in [-0.1, -0.05) is 12.7 Å². The van der Waals surface area contributed by atoms with Crippen molar-refractivity contribution in [3.8, 4) is 11.5 Å². The van der Waals surface area contributed by atoms with Gasteiger partial charge in [0.15, 0.2) is 5.65 Å². The number of allylic oxidation sites excluding steroid dienone is 2. The van der Waals surface area contributed by atoms with Gasteiger partial charge in [0.2, 0.25) is 0 Å². The van der Waals surface area contributed by atoms with Crippen molar-refractivity contribution in [3.05, 3.63) is 73.0 Å². The molecule has 1 N–H and O–H groups in total. The molecule has 0 fully saturated rings. The van der Waals surface area contributed by atoms with Crippen LogP contribution in [0.5, 0.6) is 11.5 Å². The van der Waals surface area contributed by atoms with Crippen molar-refractivity contribution in [2.45, 2.75) is 0 Å². The van der Waals surface area contributed by atoms with Gasteiger partial charge >= 0.3 is 0 Å². The molecule has 0 saturated heterocycles. The first kappa shape index (κ1) is 17.0. The maximum absolute atomic E-state index is 13.3. The molecule has 3 aromatic heterocycles. The van der Waals surface area contributed by atoms with Crippen LogP contribution in [0.3, 0.4) is 0 Å². The van der Waals surface area contributed by atoms with Gasteiger partial charge in [-0.25, -0.2) is 9.38 Å². The first-order valence-corrected chi connectivity index (χ1v) is 7.33. The summed E-state index contributed by atoms with van der Waals surface area (Å²) in [7, 11) is 0. The summed E-state index contributed by atoms with van der Waals surface area (Å²) in [6, 6.07) is 2.63. The lowest BCUT2D eigenvalue weighted by Crippen LogP contribution is -2.22. The summed E-state index contributed by atoms with van der Waals surface area (Å²) in [4.78, 5) is 20.0. The van der Waals surface area contributed by atoms with Crippen molar-refractivity contribution in [2.24, 2.45) is 4.99 Å². The zero-order valence-corrected chi connectivity index (χ0v) is 13.5. The van der Waals surface area contributed by atoms with Crippen molar-refractivity contribution in [1.82, 2.24) is 24.9 Å². The number of pyridine rings is 2. The number of nitrogens with one attached hydrogen (secondary N) is 1. The number of aromatic nitrogens is 4. The molecule has 130 valence electrons. The Hall–Kier alpha value is -3.88. The summed E-state index contributed by atoms with van der Waals surface area (Å²) in [5.74, 6) is -0.351. The van der Waals surface area contributed by atoms with Crippen molar-refractivity contribution in [3.63, 3.8) is 0 Å². The maximum Gasteiger partial charge on any atom is 0.260 e. The highest BCUT2D eigenvalue weighted by atomic mass is 19.1. The van der Waals surface area contributed by atoms with E-state index in [2.05, 4.69) is 38.8 Å². The van der Waals surface area contributed by atoms with Gasteiger partial charge in [-0.2, -0.15) is 0 Å². The van der Waals surface area contributed by atoms with Gasteiger partial charge in [-0.3, -0.25) is 14.2 Å². The normalized spacial score (nSPS) is 11.2. The van der Waals surface area contributed by atoms with Gasteiger partial charge in [0.25, 0.3) is 5.91 Å². The van der Waals surface area contributed by atoms with Crippen molar-refractivity contribution < 1.29 is 13.9 Å². The highest BCUT2D eigenvalue weighted by molar-refractivity contribution is 6.01. The Balaban J connectivity index is 1.98. The second-order valence-corrected chi connectivity index (χ2v) is 4.99. The lowest BCUT2D eigenvalue weighted by Gasteiger charge is -2.10. The fraction of sp³-hybridized carbons (Fsp3) is 0. The van der Waals surface area contributed by atoms with Gasteiger partial charge in [0.1, 0.15) is 29.5 Å². The number of ether oxygens (including phenoxy) is 1. The Morgan fingerprint density at radius 2 is 2.19 bits per heavy atom. The molecular weight excluding hydrogens is 339 g/mol. The summed E-state index contributed by atoms with van der Waals surface area (Å²) in [6.45, 7) is 6.92. The van der Waals surface area contributed by atoms with Gasteiger partial charge < -0.3 is 10.1 Å². The average Bonchev–Trinajstić information content (AvgIpc) is 3.09. The summed E-state index contributed by atoms with van der Waals surface area (Å²) in [5.41, 5.74) is 0.497. The van der Waals surface area contributed by atoms with E-state index in [4.69, 9.17) is 4.74 Å². The number of hydrogen-bond donors (Lipinski definition) is 1. The molecule has 0 aliphatic heterocycles. The zero-order chi connectivity index (χ0) is 18.5. The molecule has 0 spiro atoms. The van der Waals surface area contributed by atoms with Gasteiger partial charge in [-0.05, 0) is 18.9 Å². The van der Waals surface area contributed by atoms with E-state index in [1.165, 1.54) is 41.2 Å². The minimum absolute atomic E-state index is 0.183. The van der Waals surface area contributed by atoms with Crippen LogP contribution in [0.15, 0.2) is 66.6 Å². The summed E-state index contributed by atoms with van der Waals surface area (Å²) in [5, 5.41) is 10.3. The van der Waals surface area contributed by atoms with Gasteiger partial charge in [-0.15, -0.1) is 10.2 Å². The first-order valence-electron chi connectivity index (χ1n) is 7.33. The standard InChI is InChI=1S/C17H13FN6O2/c1-3-4-15(19-2)22-17(25)14-6-13(9-24-10-21-23-16(14)24)26-12-5-11(18)7-20-8-12/h3-10H,1-2H2,(H,22,25)/b15-4+. The second-order valence-electron chi connectivity index (χ2n) is 4.99. The fourth-order valence-corrected chi connectivity index (χ4v) is 2.15. The van der Waals surface area contributed by atoms with Gasteiger partial charge in [0, 0.05) is 6.07 Å². The highest BCUT2D eigenvalue weighted by Crippen LogP contribution is 2.24. The van der Waals surface area contributed by atoms with E-state index in [1.807, 2.05) is 0 Å². The van der Waals surface area contributed by atoms with E-state index in [9.17, 15) is 9.18 Å². The van der Waals surface area contributed by atoms with E-state index in [0.717, 1.165) is 6.20 Å². The zero-order valence-electron chi connectivity index (χ0n) is 13.5. The molecule has 0 unspecified atom stereocenters. The Morgan fingerprint density at radius 3 is 2.92 bits per heavy atom. The number of aliphatic imine (C=N–C) groups is 1. The van der Waals surface area contributed by atoms with E-state index < -0.39 is 11.7 Å². The molecule has 0 aliphatic rings. The predicted octanol–water partition coefficient (Wildman–Crippen LogP) is 2.51. The molecule has 0 radical (unpaired) electrons. The number of nitrogens with zero attached hydrogens (tertiary/aromatic N) is 5. The highest BCUT2D eigenvalue weighted by Gasteiger charge is 2.16. The molecule has 0 aliphatic carbocycles. The topological polar surface area (TPSA) is 93.8 Å². The molecular formula is C17H13FN6O2. The smallest absolute Gasteiger partial charge is 0.260 e. The van der Waals surface area contributed by atoms with E-state index in [-0.39, 0.29) is 22.9 Å². The van der Waals surface area contributed by atoms with E-state index in [0.29, 0.717) is 5.65 Å². The lowest BCUT2D eigenvalue weighted by atomic mass is 10.2. The maximum atomic E-state index is 13.3. The van der Waals surface area contributed by atoms with Crippen LogP contribution in [0.25, 0.3) is 5.65 Å². The van der Waals surface area contributed by atoms with Crippen LogP contribution >= 0.6 is 0 Å². The van der Waals surface area contributed by atoms with Crippen LogP contribution in [-0.2, 0) is 0 Å². The minimum Gasteiger partial charge on any atom is -0.454 e. The third-order valence-electron chi connectivity index (χ3n) is 3.21. The lowest BCUT2D eigenvalue weighted by molar-refractivity contribution is 0.0966. The van der Waals surface area contributed by atoms with Crippen molar-refractivity contribution in [1.29, 1.82) is 0 Å². The molecule has 3 rings (SSSR count). The molecule has 0 aromatic carbocycles. The van der Waals surface area contributed by atoms with E-state index in [1.54, 1.807) is 6.20 Å². The van der Waals surface area contributed by atoms with Crippen LogP contribution < -0.4 is 10.1 Å². The monoisotopic (exact) mass is 352 g/mol. The fourth-order valence-electron chi connectivity index (χ4n) is 2.15. The number of fused-ring (bicyclic) bond motifs is 1. The third-order valence-corrected chi connectivity index (χ3v) is 3.21. The first-order chi connectivity index (χ1) is 12.6. The van der Waals surface area contributed by atoms with Crippen molar-refractivity contribution >= 4 is 18.3 Å². The second kappa shape index (κ2) is 7.34. The molecule has 26 heavy (non-hydrogen) atoms. The number of amides is 1. The Morgan fingerprint density at radius 1 is 1.35 bits per heavy atom. The van der Waals surface area contributed by atoms with Crippen LogP contribution in [0.4, 0.5) is 4.39 Å². The quantitative estimate of drug-likeness (QED) is 0.543. The Labute approximate surface area is 147 Å². The molecule has 0 saturated carbocycles. The molecule has 0 bridgehead atoms. The summed E-state index contributed by atoms with van der Waals surface area (Å²) < 4.78 is 20.4. The predicted molar refractivity (Wildman–Crippen MR) is 92.6 cm³/mol. The van der Waals surface area contributed by atoms with Crippen LogP contribution in [-0.4, -0.2) is 32.2 Å². The third kappa shape index (κ3) is 3.61. The van der Waals surface area contributed by atoms with Crippen molar-refractivity contribution in [2.75, 3.05) is 0 Å². The number of carbonyl (C=O) groups excluding carboxylic acids is 1. The van der Waals surface area contributed by atoms with Gasteiger partial charge in [0.05, 0.1) is 24.2 Å². The molecule has 9 heteroatoms. The summed E-state index contributed by atoms with van der Waals surface area (Å²) in [6.07, 6.45) is 8.34. The molecule has 3 heterocycles. The number of rotatable bonds is 6. The summed E-state index contributed by atoms with van der Waals surface area (Å²) >= 11 is 0. The average molecular weight is 352 g/mol. The number of hydrogen-bond acceptors (Lipinski definition) is 6. The van der Waals surface area contributed by atoms with Crippen LogP contribution in [0, 0.1) is 5.82 Å². The molecule has 3 aromatic rings. The molecule has 0 atom stereocenters. The van der Waals surface area contributed by atoms with Crippen LogP contribution in [0.2, 0.25) is 0 Å². The molecule has 1 amide bonds. The van der Waals surface area contributed by atoms with Crippen LogP contribution in [0.1, 0.15) is 10.4 Å². The largest absolute Gasteiger partial charge is 0.454 e.